The van der Waals surface area contributed by atoms with Crippen molar-refractivity contribution in [2.24, 2.45) is 4.99 Å². The van der Waals surface area contributed by atoms with E-state index in [-0.39, 0.29) is 41.5 Å². The lowest BCUT2D eigenvalue weighted by atomic mass is 9.74. The van der Waals surface area contributed by atoms with Crippen LogP contribution in [0.4, 0.5) is 17.6 Å². The summed E-state index contributed by atoms with van der Waals surface area (Å²) in [5.41, 5.74) is 0.00454. The van der Waals surface area contributed by atoms with Crippen LogP contribution in [0.1, 0.15) is 29.5 Å². The van der Waals surface area contributed by atoms with Gasteiger partial charge in [-0.25, -0.2) is 4.39 Å². The van der Waals surface area contributed by atoms with E-state index in [4.69, 9.17) is 4.74 Å². The second-order valence-electron chi connectivity index (χ2n) is 7.34. The zero-order valence-electron chi connectivity index (χ0n) is 17.1. The lowest BCUT2D eigenvalue weighted by Gasteiger charge is -2.38. The fraction of sp³-hybridized carbons (Fsp3) is 0.409. The Hall–Kier alpha value is -1.88. The molecule has 0 aromatic heterocycles. The van der Waals surface area contributed by atoms with E-state index in [1.165, 1.54) is 5.56 Å². The van der Waals surface area contributed by atoms with Gasteiger partial charge in [-0.05, 0) is 36.1 Å². The summed E-state index contributed by atoms with van der Waals surface area (Å²) in [6.45, 7) is 1.73. The molecule has 0 bridgehead atoms. The fourth-order valence-corrected chi connectivity index (χ4v) is 3.74. The molecule has 1 aliphatic heterocycles. The highest BCUT2D eigenvalue weighted by atomic mass is 127. The second-order valence-corrected chi connectivity index (χ2v) is 7.34. The van der Waals surface area contributed by atoms with Gasteiger partial charge in [0, 0.05) is 38.8 Å². The van der Waals surface area contributed by atoms with Crippen LogP contribution in [-0.4, -0.2) is 32.8 Å². The van der Waals surface area contributed by atoms with Crippen LogP contribution < -0.4 is 10.6 Å². The number of hydrogen-bond donors (Lipinski definition) is 2. The van der Waals surface area contributed by atoms with Crippen LogP contribution in [0.3, 0.4) is 0 Å². The summed E-state index contributed by atoms with van der Waals surface area (Å²) in [6, 6.07) is 12.8. The van der Waals surface area contributed by atoms with Gasteiger partial charge in [0.05, 0.1) is 5.56 Å². The summed E-state index contributed by atoms with van der Waals surface area (Å²) < 4.78 is 58.5. The Balaban J connectivity index is 0.00000341. The van der Waals surface area contributed by atoms with Gasteiger partial charge in [0.2, 0.25) is 0 Å². The molecule has 9 heteroatoms. The molecule has 170 valence electrons. The third kappa shape index (κ3) is 6.55. The summed E-state index contributed by atoms with van der Waals surface area (Å²) in [7, 11) is 1.56. The van der Waals surface area contributed by atoms with E-state index in [2.05, 4.69) is 27.8 Å². The Bertz CT molecular complexity index is 869. The van der Waals surface area contributed by atoms with Gasteiger partial charge in [-0.3, -0.25) is 4.99 Å². The maximum Gasteiger partial charge on any atom is 0.416 e. The molecule has 2 N–H and O–H groups in total. The Morgan fingerprint density at radius 2 is 1.74 bits per heavy atom. The molecule has 0 saturated carbocycles. The molecule has 2 aromatic carbocycles. The van der Waals surface area contributed by atoms with Crippen LogP contribution in [0.2, 0.25) is 0 Å². The molecule has 1 aliphatic rings. The van der Waals surface area contributed by atoms with E-state index >= 15 is 0 Å². The van der Waals surface area contributed by atoms with Gasteiger partial charge in [0.1, 0.15) is 5.82 Å². The molecule has 1 saturated heterocycles. The highest BCUT2D eigenvalue weighted by molar-refractivity contribution is 14.0. The summed E-state index contributed by atoms with van der Waals surface area (Å²) in [6.07, 6.45) is -2.97. The smallest absolute Gasteiger partial charge is 0.381 e. The topological polar surface area (TPSA) is 45.7 Å². The number of alkyl halides is 3. The van der Waals surface area contributed by atoms with Crippen LogP contribution in [0.25, 0.3) is 0 Å². The number of benzene rings is 2. The largest absolute Gasteiger partial charge is 0.416 e. The first-order chi connectivity index (χ1) is 14.3. The third-order valence-electron chi connectivity index (χ3n) is 5.48. The van der Waals surface area contributed by atoms with Crippen LogP contribution in [0.15, 0.2) is 53.5 Å². The van der Waals surface area contributed by atoms with Crippen LogP contribution in [0, 0.1) is 5.82 Å². The minimum Gasteiger partial charge on any atom is -0.381 e. The maximum absolute atomic E-state index is 13.3. The van der Waals surface area contributed by atoms with Gasteiger partial charge in [0.25, 0.3) is 0 Å². The minimum absolute atomic E-state index is 0. The fourth-order valence-electron chi connectivity index (χ4n) is 3.74. The average Bonchev–Trinajstić information content (AvgIpc) is 2.75. The van der Waals surface area contributed by atoms with E-state index in [1.807, 2.05) is 18.2 Å². The van der Waals surface area contributed by atoms with E-state index in [0.29, 0.717) is 31.8 Å². The van der Waals surface area contributed by atoms with Crippen molar-refractivity contribution in [1.82, 2.24) is 10.6 Å². The predicted molar refractivity (Wildman–Crippen MR) is 123 cm³/mol. The number of ether oxygens (including phenoxy) is 1. The van der Waals surface area contributed by atoms with Crippen LogP contribution in [-0.2, 0) is 22.9 Å². The van der Waals surface area contributed by atoms with Crippen molar-refractivity contribution in [2.45, 2.75) is 31.0 Å². The van der Waals surface area contributed by atoms with E-state index in [0.717, 1.165) is 25.0 Å². The molecule has 1 fully saturated rings. The monoisotopic (exact) mass is 551 g/mol. The molecule has 4 nitrogen and oxygen atoms in total. The highest BCUT2D eigenvalue weighted by Gasteiger charge is 2.35. The molecule has 31 heavy (non-hydrogen) atoms. The molecule has 3 rings (SSSR count). The van der Waals surface area contributed by atoms with Gasteiger partial charge in [0.15, 0.2) is 5.96 Å². The first kappa shape index (κ1) is 25.4. The maximum atomic E-state index is 13.3. The zero-order chi connectivity index (χ0) is 21.6. The predicted octanol–water partition coefficient (Wildman–Crippen LogP) is 4.88. The standard InChI is InChI=1S/C22H25F4N3O.HI/c1-27-20(28-14-16-7-8-18(23)13-19(16)22(24,25)26)29-15-21(9-11-30-12-10-21)17-5-3-2-4-6-17;/h2-8,13H,9-12,14-15H2,1H3,(H2,27,28,29);1H. The number of aliphatic imine (C=N–C) groups is 1. The summed E-state index contributed by atoms with van der Waals surface area (Å²) in [4.78, 5) is 4.13. The normalized spacial score (nSPS) is 16.4. The SMILES string of the molecule is CN=C(NCc1ccc(F)cc1C(F)(F)F)NCC1(c2ccccc2)CCOCC1.I. The molecule has 0 amide bonds. The quantitative estimate of drug-likeness (QED) is 0.241. The molecule has 0 radical (unpaired) electrons. The Morgan fingerprint density at radius 1 is 1.06 bits per heavy atom. The van der Waals surface area contributed by atoms with Crippen molar-refractivity contribution in [2.75, 3.05) is 26.8 Å². The van der Waals surface area contributed by atoms with E-state index in [9.17, 15) is 17.6 Å². The summed E-state index contributed by atoms with van der Waals surface area (Å²) >= 11 is 0. The number of nitrogens with zero attached hydrogens (tertiary/aromatic N) is 1. The van der Waals surface area contributed by atoms with Gasteiger partial charge in [-0.2, -0.15) is 13.2 Å². The number of rotatable bonds is 5. The molecular formula is C22H26F4IN3O. The van der Waals surface area contributed by atoms with Crippen molar-refractivity contribution in [3.63, 3.8) is 0 Å². The van der Waals surface area contributed by atoms with Gasteiger partial charge < -0.3 is 15.4 Å². The van der Waals surface area contributed by atoms with Gasteiger partial charge in [-0.1, -0.05) is 36.4 Å². The third-order valence-corrected chi connectivity index (χ3v) is 5.48. The number of hydrogen-bond acceptors (Lipinski definition) is 2. The van der Waals surface area contributed by atoms with Crippen molar-refractivity contribution in [3.8, 4) is 0 Å². The van der Waals surface area contributed by atoms with Crippen molar-refractivity contribution in [3.05, 3.63) is 71.0 Å². The molecule has 0 aliphatic carbocycles. The Kier molecular flexibility index (Phi) is 9.11. The summed E-state index contributed by atoms with van der Waals surface area (Å²) in [5, 5.41) is 6.16. The van der Waals surface area contributed by atoms with Gasteiger partial charge >= 0.3 is 6.18 Å². The number of nitrogens with one attached hydrogen (secondary N) is 2. The van der Waals surface area contributed by atoms with Crippen LogP contribution in [0.5, 0.6) is 0 Å². The molecule has 1 heterocycles. The highest BCUT2D eigenvalue weighted by Crippen LogP contribution is 2.34. The Morgan fingerprint density at radius 3 is 2.35 bits per heavy atom. The Labute approximate surface area is 196 Å². The van der Waals surface area contributed by atoms with E-state index < -0.39 is 17.6 Å². The minimum atomic E-state index is -4.63. The second kappa shape index (κ2) is 11.1. The molecule has 0 atom stereocenters. The van der Waals surface area contributed by atoms with Gasteiger partial charge in [-0.15, -0.1) is 24.0 Å². The lowest BCUT2D eigenvalue weighted by Crippen LogP contribution is -2.48. The lowest BCUT2D eigenvalue weighted by molar-refractivity contribution is -0.138. The van der Waals surface area contributed by atoms with Crippen molar-refractivity contribution < 1.29 is 22.3 Å². The van der Waals surface area contributed by atoms with Crippen molar-refractivity contribution in [1.29, 1.82) is 0 Å². The number of guanidine groups is 1. The molecule has 0 unspecified atom stereocenters. The van der Waals surface area contributed by atoms with Crippen LogP contribution >= 0.6 is 24.0 Å². The summed E-state index contributed by atoms with van der Waals surface area (Å²) in [5.74, 6) is -0.535. The molecule has 0 spiro atoms. The number of halogens is 5. The average molecular weight is 551 g/mol. The first-order valence-corrected chi connectivity index (χ1v) is 9.77. The molecular weight excluding hydrogens is 525 g/mol. The molecule has 2 aromatic rings. The first-order valence-electron chi connectivity index (χ1n) is 9.77. The van der Waals surface area contributed by atoms with Crippen molar-refractivity contribution >= 4 is 29.9 Å². The zero-order valence-corrected chi connectivity index (χ0v) is 19.5. The van der Waals surface area contributed by atoms with E-state index in [1.54, 1.807) is 7.05 Å².